The summed E-state index contributed by atoms with van der Waals surface area (Å²) in [6, 6.07) is 0. The Bertz CT molecular complexity index is 58.2. The predicted octanol–water partition coefficient (Wildman–Crippen LogP) is 6.71. The molecule has 0 aliphatic carbocycles. The molecule has 0 bridgehead atoms. The molecular formula is C16H48HfN8Zr-8. The normalized spacial score (nSPS) is 5.54. The molecule has 8 nitrogen and oxygen atoms in total. The van der Waals surface area contributed by atoms with Crippen LogP contribution in [-0.2, 0) is 52.0 Å². The smallest absolute Gasteiger partial charge is 0 e. The zero-order chi connectivity index (χ0) is 21.7. The van der Waals surface area contributed by atoms with Crippen LogP contribution in [0.1, 0.15) is 27.7 Å². The van der Waals surface area contributed by atoms with E-state index in [0.717, 1.165) is 0 Å². The fraction of sp³-hybridized carbons (Fsp3) is 1.00. The Kier molecular flexibility index (Phi) is 466. The van der Waals surface area contributed by atoms with Gasteiger partial charge in [-0.05, 0) is 0 Å². The average Bonchev–Trinajstić information content (AvgIpc) is 2.45. The molecule has 0 aromatic carbocycles. The van der Waals surface area contributed by atoms with E-state index < -0.39 is 0 Å². The van der Waals surface area contributed by atoms with Gasteiger partial charge in [0.15, 0.2) is 0 Å². The Morgan fingerprint density at radius 3 is 0.423 bits per heavy atom. The van der Waals surface area contributed by atoms with Crippen LogP contribution in [0.5, 0.6) is 0 Å². The van der Waals surface area contributed by atoms with Crippen molar-refractivity contribution in [1.29, 1.82) is 0 Å². The number of hydrogen-bond acceptors (Lipinski definition) is 0. The monoisotopic (exact) mass is 622 g/mol. The Labute approximate surface area is 205 Å². The quantitative estimate of drug-likeness (QED) is 0.264. The van der Waals surface area contributed by atoms with Crippen LogP contribution in [0.25, 0.3) is 44.2 Å². The maximum Gasteiger partial charge on any atom is 0 e. The van der Waals surface area contributed by atoms with Crippen LogP contribution in [-0.4, -0.2) is 82.6 Å². The Balaban J connectivity index is -0.0000000139. The summed E-state index contributed by atoms with van der Waals surface area (Å²) >= 11 is 0. The van der Waals surface area contributed by atoms with Gasteiger partial charge in [-0.2, -0.15) is 82.6 Å². The fourth-order valence-corrected chi connectivity index (χ4v) is 0. The number of hydrogen-bond donors (Lipinski definition) is 0. The summed E-state index contributed by atoms with van der Waals surface area (Å²) in [5.41, 5.74) is 24.8. The fourth-order valence-electron chi connectivity index (χ4n) is 0. The number of nitrogens with one attached hydrogen (secondary N) is 4. The third kappa shape index (κ3) is 7390. The number of nitrogens with zero attached hydrogens (tertiary/aromatic N) is 4. The van der Waals surface area contributed by atoms with Gasteiger partial charge in [-0.25, -0.2) is 0 Å². The van der Waals surface area contributed by atoms with Gasteiger partial charge in [-0.3, -0.25) is 0 Å². The third-order valence-corrected chi connectivity index (χ3v) is 0. The molecule has 0 aromatic heterocycles. The molecule has 0 aromatic rings. The molecule has 0 fully saturated rings. The summed E-state index contributed by atoms with van der Waals surface area (Å²) in [7, 11) is 14.0. The summed E-state index contributed by atoms with van der Waals surface area (Å²) in [4.78, 5) is 0. The van der Waals surface area contributed by atoms with Crippen molar-refractivity contribution in [2.24, 2.45) is 0 Å². The Morgan fingerprint density at radius 2 is 0.423 bits per heavy atom. The molecule has 4 N–H and O–H groups in total. The molecule has 0 saturated carbocycles. The SMILES string of the molecule is CC[NH-].CC[NH-].CC[NH-].CC[NH-].C[N-]C.C[N-]C.C[N-]C.C[N-]C.[Hf].[Zr]. The maximum atomic E-state index is 6.21. The molecule has 0 unspecified atom stereocenters. The van der Waals surface area contributed by atoms with Gasteiger partial charge in [0.25, 0.3) is 0 Å². The first kappa shape index (κ1) is 63.1. The predicted molar refractivity (Wildman–Crippen MR) is 120 cm³/mol. The second kappa shape index (κ2) is 192. The van der Waals surface area contributed by atoms with E-state index in [2.05, 4.69) is 21.3 Å². The molecule has 0 heterocycles. The first-order valence-corrected chi connectivity index (χ1v) is 7.82. The Morgan fingerprint density at radius 1 is 0.423 bits per heavy atom. The number of rotatable bonds is 0. The first-order chi connectivity index (χ1) is 11.3. The van der Waals surface area contributed by atoms with E-state index in [9.17, 15) is 0 Å². The molecule has 0 aliphatic heterocycles. The maximum absolute atomic E-state index is 6.21. The van der Waals surface area contributed by atoms with Crippen LogP contribution in [0.15, 0.2) is 0 Å². The van der Waals surface area contributed by atoms with Gasteiger partial charge in [-0.15, -0.1) is 0 Å². The summed E-state index contributed by atoms with van der Waals surface area (Å²) in [6.45, 7) is 9.17. The molecule has 10 heteroatoms. The van der Waals surface area contributed by atoms with Crippen LogP contribution >= 0.6 is 0 Å². The molecule has 0 aliphatic rings. The summed E-state index contributed by atoms with van der Waals surface area (Å²) in [5, 5.41) is 14.0. The molecule has 0 rings (SSSR count). The molecular weight excluding hydrogens is 574 g/mol. The van der Waals surface area contributed by atoms with Crippen LogP contribution < -0.4 is 0 Å². The van der Waals surface area contributed by atoms with E-state index in [4.69, 9.17) is 22.9 Å². The van der Waals surface area contributed by atoms with E-state index in [1.165, 1.54) is 0 Å². The average molecular weight is 622 g/mol. The molecule has 0 spiro atoms. The minimum absolute atomic E-state index is 0. The molecule has 168 valence electrons. The summed E-state index contributed by atoms with van der Waals surface area (Å²) in [5.74, 6) is 0. The topological polar surface area (TPSA) is 152 Å². The zero-order valence-electron chi connectivity index (χ0n) is 19.6. The van der Waals surface area contributed by atoms with Crippen molar-refractivity contribution in [2.45, 2.75) is 27.7 Å². The van der Waals surface area contributed by atoms with Crippen molar-refractivity contribution in [3.8, 4) is 0 Å². The molecule has 0 amide bonds. The van der Waals surface area contributed by atoms with Crippen molar-refractivity contribution in [3.63, 3.8) is 0 Å². The molecule has 0 atom stereocenters. The van der Waals surface area contributed by atoms with E-state index in [-0.39, 0.29) is 52.0 Å². The summed E-state index contributed by atoms with van der Waals surface area (Å²) < 4.78 is 0. The first-order valence-electron chi connectivity index (χ1n) is 7.82. The minimum atomic E-state index is 0. The second-order valence-electron chi connectivity index (χ2n) is 3.20. The molecule has 0 radical (unpaired) electrons. The van der Waals surface area contributed by atoms with Crippen molar-refractivity contribution in [2.75, 3.05) is 82.6 Å². The molecule has 0 saturated heterocycles. The van der Waals surface area contributed by atoms with Crippen molar-refractivity contribution < 1.29 is 52.0 Å². The van der Waals surface area contributed by atoms with E-state index in [1.54, 1.807) is 84.1 Å². The third-order valence-electron chi connectivity index (χ3n) is 0. The van der Waals surface area contributed by atoms with Crippen molar-refractivity contribution in [1.82, 2.24) is 0 Å². The summed E-state index contributed by atoms with van der Waals surface area (Å²) in [6.07, 6.45) is 0. The minimum Gasteiger partial charge on any atom is -0.678 e. The van der Waals surface area contributed by atoms with Gasteiger partial charge in [0.2, 0.25) is 0 Å². The van der Waals surface area contributed by atoms with Crippen molar-refractivity contribution in [3.05, 3.63) is 44.2 Å². The van der Waals surface area contributed by atoms with Gasteiger partial charge >= 0.3 is 0 Å². The van der Waals surface area contributed by atoms with Crippen LogP contribution in [0.3, 0.4) is 0 Å². The molecule has 26 heavy (non-hydrogen) atoms. The zero-order valence-corrected chi connectivity index (χ0v) is 25.7. The Hall–Kier alpha value is 1.43. The van der Waals surface area contributed by atoms with Gasteiger partial charge in [0, 0.05) is 52.0 Å². The van der Waals surface area contributed by atoms with Crippen molar-refractivity contribution >= 4 is 0 Å². The van der Waals surface area contributed by atoms with Gasteiger partial charge < -0.3 is 44.2 Å². The van der Waals surface area contributed by atoms with Crippen LogP contribution in [0.4, 0.5) is 0 Å². The van der Waals surface area contributed by atoms with E-state index >= 15 is 0 Å². The van der Waals surface area contributed by atoms with Crippen LogP contribution in [0, 0.1) is 0 Å². The van der Waals surface area contributed by atoms with Gasteiger partial charge in [0.05, 0.1) is 0 Å². The largest absolute Gasteiger partial charge is 0.678 e. The second-order valence-corrected chi connectivity index (χ2v) is 3.20. The van der Waals surface area contributed by atoms with Crippen LogP contribution in [0.2, 0.25) is 0 Å². The van der Waals surface area contributed by atoms with E-state index in [1.807, 2.05) is 0 Å². The van der Waals surface area contributed by atoms with E-state index in [0.29, 0.717) is 26.2 Å². The van der Waals surface area contributed by atoms with Gasteiger partial charge in [0.1, 0.15) is 0 Å². The standard InChI is InChI=1S/8C2H6N.Hf.Zr/c4*1-3-2;4*1-2-3;;/h4*1-2H3;4*3H,2H2,1H3;;/q8*-1;;. The van der Waals surface area contributed by atoms with Gasteiger partial charge in [-0.1, -0.05) is 27.7 Å².